The van der Waals surface area contributed by atoms with Gasteiger partial charge in [0.25, 0.3) is 0 Å². The van der Waals surface area contributed by atoms with E-state index in [9.17, 15) is 15.0 Å². The number of aliphatic hydroxyl groups is 2. The average molecular weight is 259 g/mol. The highest BCUT2D eigenvalue weighted by Gasteiger charge is 2.20. The average Bonchev–Trinajstić information content (AvgIpc) is 2.36. The second-order valence-corrected chi connectivity index (χ2v) is 4.04. The molecule has 0 heterocycles. The second kappa shape index (κ2) is 6.00. The molecule has 0 aromatic heterocycles. The van der Waals surface area contributed by atoms with Gasteiger partial charge in [0, 0.05) is 0 Å². The van der Waals surface area contributed by atoms with Gasteiger partial charge in [-0.2, -0.15) is 0 Å². The van der Waals surface area contributed by atoms with Gasteiger partial charge in [-0.05, 0) is 30.2 Å². The number of aryl methyl sites for hydroxylation is 1. The summed E-state index contributed by atoms with van der Waals surface area (Å²) in [5, 5.41) is 19.4. The summed E-state index contributed by atoms with van der Waals surface area (Å²) in [5.41, 5.74) is 1.57. The van der Waals surface area contributed by atoms with Gasteiger partial charge in [-0.3, -0.25) is 0 Å². The summed E-state index contributed by atoms with van der Waals surface area (Å²) in [6, 6.07) is 4.79. The van der Waals surface area contributed by atoms with Crippen LogP contribution in [0.15, 0.2) is 18.2 Å². The number of methoxy groups -OCH3 is 1. The molecular weight excluding hydrogens is 244 g/mol. The standard InChI is InChI=1S/C12H15ClO4/c1-7-3-4-8(12(16)17-2)5-9(7)11(15)10(14)6-13/h3-5,10-11,14-15H,6H2,1-2H3. The number of aliphatic hydroxyl groups excluding tert-OH is 2. The third-order valence-corrected chi connectivity index (χ3v) is 2.86. The van der Waals surface area contributed by atoms with Gasteiger partial charge in [-0.15, -0.1) is 11.6 Å². The minimum absolute atomic E-state index is 0.0803. The Kier molecular flexibility index (Phi) is 4.93. The first-order valence-electron chi connectivity index (χ1n) is 5.12. The van der Waals surface area contributed by atoms with E-state index < -0.39 is 18.2 Å². The van der Waals surface area contributed by atoms with Crippen molar-refractivity contribution in [3.8, 4) is 0 Å². The van der Waals surface area contributed by atoms with Crippen molar-refractivity contribution in [2.45, 2.75) is 19.1 Å². The normalized spacial score (nSPS) is 14.2. The Morgan fingerprint density at radius 1 is 1.47 bits per heavy atom. The SMILES string of the molecule is COC(=O)c1ccc(C)c(C(O)C(O)CCl)c1. The van der Waals surface area contributed by atoms with Gasteiger partial charge < -0.3 is 14.9 Å². The highest BCUT2D eigenvalue weighted by molar-refractivity contribution is 6.18. The highest BCUT2D eigenvalue weighted by Crippen LogP contribution is 2.23. The predicted molar refractivity (Wildman–Crippen MR) is 64.2 cm³/mol. The first-order valence-corrected chi connectivity index (χ1v) is 5.65. The molecule has 0 fully saturated rings. The van der Waals surface area contributed by atoms with E-state index in [0.717, 1.165) is 5.56 Å². The zero-order valence-electron chi connectivity index (χ0n) is 9.68. The molecule has 0 aliphatic heterocycles. The predicted octanol–water partition coefficient (Wildman–Crippen LogP) is 1.41. The molecule has 0 radical (unpaired) electrons. The molecule has 5 heteroatoms. The van der Waals surface area contributed by atoms with E-state index >= 15 is 0 Å². The smallest absolute Gasteiger partial charge is 0.337 e. The van der Waals surface area contributed by atoms with Crippen molar-refractivity contribution in [2.75, 3.05) is 13.0 Å². The number of carbonyl (C=O) groups excluding carboxylic acids is 1. The number of carbonyl (C=O) groups is 1. The fraction of sp³-hybridized carbons (Fsp3) is 0.417. The summed E-state index contributed by atoms with van der Waals surface area (Å²) in [6.07, 6.45) is -2.18. The fourth-order valence-corrected chi connectivity index (χ4v) is 1.66. The Balaban J connectivity index is 3.10. The van der Waals surface area contributed by atoms with Gasteiger partial charge in [0.15, 0.2) is 0 Å². The molecule has 2 N–H and O–H groups in total. The Bertz CT molecular complexity index is 405. The quantitative estimate of drug-likeness (QED) is 0.633. The summed E-state index contributed by atoms with van der Waals surface area (Å²) >= 11 is 5.48. The van der Waals surface area contributed by atoms with Crippen molar-refractivity contribution in [3.05, 3.63) is 34.9 Å². The monoisotopic (exact) mass is 258 g/mol. The molecule has 17 heavy (non-hydrogen) atoms. The Morgan fingerprint density at radius 2 is 2.12 bits per heavy atom. The van der Waals surface area contributed by atoms with Crippen LogP contribution in [0.4, 0.5) is 0 Å². The van der Waals surface area contributed by atoms with E-state index in [1.807, 2.05) is 0 Å². The van der Waals surface area contributed by atoms with Crippen LogP contribution < -0.4 is 0 Å². The minimum Gasteiger partial charge on any atom is -0.465 e. The number of halogens is 1. The lowest BCUT2D eigenvalue weighted by Crippen LogP contribution is -2.21. The van der Waals surface area contributed by atoms with Crippen LogP contribution in [0.5, 0.6) is 0 Å². The first kappa shape index (κ1) is 14.0. The zero-order valence-corrected chi connectivity index (χ0v) is 10.4. The van der Waals surface area contributed by atoms with Crippen molar-refractivity contribution >= 4 is 17.6 Å². The van der Waals surface area contributed by atoms with Crippen LogP contribution in [0.2, 0.25) is 0 Å². The largest absolute Gasteiger partial charge is 0.465 e. The van der Waals surface area contributed by atoms with Crippen molar-refractivity contribution < 1.29 is 19.7 Å². The molecule has 1 aromatic rings. The molecule has 0 aliphatic carbocycles. The molecule has 0 spiro atoms. The van der Waals surface area contributed by atoms with Crippen molar-refractivity contribution in [1.29, 1.82) is 0 Å². The van der Waals surface area contributed by atoms with Crippen LogP contribution in [-0.2, 0) is 4.74 Å². The Morgan fingerprint density at radius 3 is 2.65 bits per heavy atom. The maximum Gasteiger partial charge on any atom is 0.337 e. The molecule has 4 nitrogen and oxygen atoms in total. The molecular formula is C12H15ClO4. The molecule has 0 aliphatic rings. The molecule has 2 unspecified atom stereocenters. The maximum absolute atomic E-state index is 11.3. The van der Waals surface area contributed by atoms with Crippen LogP contribution in [-0.4, -0.2) is 35.3 Å². The molecule has 0 saturated heterocycles. The van der Waals surface area contributed by atoms with Crippen molar-refractivity contribution in [1.82, 2.24) is 0 Å². The van der Waals surface area contributed by atoms with E-state index in [4.69, 9.17) is 11.6 Å². The van der Waals surface area contributed by atoms with Crippen molar-refractivity contribution in [3.63, 3.8) is 0 Å². The fourth-order valence-electron chi connectivity index (χ4n) is 1.50. The lowest BCUT2D eigenvalue weighted by atomic mass is 9.97. The maximum atomic E-state index is 11.3. The summed E-state index contributed by atoms with van der Waals surface area (Å²) < 4.78 is 4.59. The van der Waals surface area contributed by atoms with Crippen LogP contribution in [0.1, 0.15) is 27.6 Å². The van der Waals surface area contributed by atoms with Gasteiger partial charge in [0.1, 0.15) is 6.10 Å². The van der Waals surface area contributed by atoms with Crippen LogP contribution in [0.25, 0.3) is 0 Å². The third-order valence-electron chi connectivity index (χ3n) is 2.54. The van der Waals surface area contributed by atoms with Crippen LogP contribution >= 0.6 is 11.6 Å². The molecule has 94 valence electrons. The van der Waals surface area contributed by atoms with Crippen LogP contribution in [0, 0.1) is 6.92 Å². The first-order chi connectivity index (χ1) is 8.01. The molecule has 0 amide bonds. The lowest BCUT2D eigenvalue weighted by Gasteiger charge is -2.18. The van der Waals surface area contributed by atoms with E-state index in [1.165, 1.54) is 13.2 Å². The summed E-state index contributed by atoms with van der Waals surface area (Å²) in [4.78, 5) is 11.3. The van der Waals surface area contributed by atoms with E-state index in [-0.39, 0.29) is 5.88 Å². The van der Waals surface area contributed by atoms with Gasteiger partial charge in [-0.25, -0.2) is 4.79 Å². The molecule has 1 rings (SSSR count). The number of benzene rings is 1. The number of hydrogen-bond donors (Lipinski definition) is 2. The molecule has 2 atom stereocenters. The molecule has 0 saturated carbocycles. The number of hydrogen-bond acceptors (Lipinski definition) is 4. The number of rotatable bonds is 4. The van der Waals surface area contributed by atoms with E-state index in [2.05, 4.69) is 4.74 Å². The zero-order chi connectivity index (χ0) is 13.0. The lowest BCUT2D eigenvalue weighted by molar-refractivity contribution is 0.0321. The van der Waals surface area contributed by atoms with Gasteiger partial charge in [-0.1, -0.05) is 6.07 Å². The summed E-state index contributed by atoms with van der Waals surface area (Å²) in [6.45, 7) is 1.78. The Hall–Kier alpha value is -1.10. The summed E-state index contributed by atoms with van der Waals surface area (Å²) in [7, 11) is 1.28. The van der Waals surface area contributed by atoms with E-state index in [1.54, 1.807) is 19.1 Å². The second-order valence-electron chi connectivity index (χ2n) is 3.73. The minimum atomic E-state index is -1.11. The summed E-state index contributed by atoms with van der Waals surface area (Å²) in [5.74, 6) is -0.568. The van der Waals surface area contributed by atoms with Gasteiger partial charge in [0.2, 0.25) is 0 Å². The third kappa shape index (κ3) is 3.19. The van der Waals surface area contributed by atoms with Crippen LogP contribution in [0.3, 0.4) is 0 Å². The van der Waals surface area contributed by atoms with E-state index in [0.29, 0.717) is 11.1 Å². The highest BCUT2D eigenvalue weighted by atomic mass is 35.5. The number of esters is 1. The molecule has 1 aromatic carbocycles. The topological polar surface area (TPSA) is 66.8 Å². The van der Waals surface area contributed by atoms with Gasteiger partial charge >= 0.3 is 5.97 Å². The number of ether oxygens (including phenoxy) is 1. The van der Waals surface area contributed by atoms with Crippen molar-refractivity contribution in [2.24, 2.45) is 0 Å². The number of alkyl halides is 1. The molecule has 0 bridgehead atoms. The Labute approximate surface area is 105 Å². The van der Waals surface area contributed by atoms with Gasteiger partial charge in [0.05, 0.1) is 24.7 Å².